The van der Waals surface area contributed by atoms with Gasteiger partial charge in [-0.3, -0.25) is 9.79 Å². The molecule has 1 amide bonds. The summed E-state index contributed by atoms with van der Waals surface area (Å²) in [7, 11) is 0. The number of hydrogen-bond acceptors (Lipinski definition) is 7. The third-order valence-electron chi connectivity index (χ3n) is 6.41. The number of hydrogen-bond donors (Lipinski definition) is 0. The van der Waals surface area contributed by atoms with Gasteiger partial charge in [-0.15, -0.1) is 0 Å². The molecule has 35 heavy (non-hydrogen) atoms. The van der Waals surface area contributed by atoms with E-state index in [1.807, 2.05) is 43.2 Å². The number of likely N-dealkylation sites (tertiary alicyclic amines) is 1. The molecule has 1 atom stereocenters. The fourth-order valence-electron chi connectivity index (χ4n) is 4.53. The number of aliphatic imine (C=N–C) groups is 1. The van der Waals surface area contributed by atoms with Crippen molar-refractivity contribution >= 4 is 12.1 Å². The van der Waals surface area contributed by atoms with Crippen molar-refractivity contribution in [3.05, 3.63) is 53.1 Å². The molecular formula is C27H27N5O3. The standard InChI is InChI=1S/C27H27N5O3/c1-17(2)34-24-10-8-18(13-20(24)14-28)27-30-26(31-35-27)23-6-3-5-21-19(7-9-22(21)23)15-29-16-25(33)32-11-4-12-32/h3,5-6,8,10,13,15,17,19H,4,7,9,11-12,16H2,1-2H3/b29-15+. The van der Waals surface area contributed by atoms with E-state index in [9.17, 15) is 10.1 Å². The van der Waals surface area contributed by atoms with E-state index in [1.54, 1.807) is 12.1 Å². The molecule has 178 valence electrons. The van der Waals surface area contributed by atoms with E-state index in [0.717, 1.165) is 37.9 Å². The van der Waals surface area contributed by atoms with Crippen molar-refractivity contribution in [3.63, 3.8) is 0 Å². The highest BCUT2D eigenvalue weighted by Crippen LogP contribution is 2.38. The molecular weight excluding hydrogens is 442 g/mol. The Morgan fingerprint density at radius 2 is 2.20 bits per heavy atom. The molecule has 1 aliphatic heterocycles. The van der Waals surface area contributed by atoms with Crippen LogP contribution in [-0.2, 0) is 11.2 Å². The molecule has 2 aliphatic rings. The first-order chi connectivity index (χ1) is 17.0. The Morgan fingerprint density at radius 1 is 1.34 bits per heavy atom. The minimum absolute atomic E-state index is 0.0296. The molecule has 2 aromatic carbocycles. The molecule has 3 aromatic rings. The summed E-state index contributed by atoms with van der Waals surface area (Å²) in [5.41, 5.74) is 4.40. The van der Waals surface area contributed by atoms with E-state index in [0.29, 0.717) is 28.6 Å². The maximum absolute atomic E-state index is 12.1. The fourth-order valence-corrected chi connectivity index (χ4v) is 4.53. The van der Waals surface area contributed by atoms with Crippen molar-refractivity contribution in [2.45, 2.75) is 45.1 Å². The minimum atomic E-state index is -0.0296. The molecule has 1 aromatic heterocycles. The second-order valence-corrected chi connectivity index (χ2v) is 9.16. The Kier molecular flexibility index (Phi) is 6.32. The van der Waals surface area contributed by atoms with Gasteiger partial charge in [0.05, 0.1) is 11.7 Å². The number of aromatic nitrogens is 2. The zero-order chi connectivity index (χ0) is 24.4. The lowest BCUT2D eigenvalue weighted by Crippen LogP contribution is -2.43. The largest absolute Gasteiger partial charge is 0.490 e. The molecule has 1 saturated heterocycles. The van der Waals surface area contributed by atoms with Gasteiger partial charge in [0.1, 0.15) is 18.4 Å². The number of fused-ring (bicyclic) bond motifs is 1. The van der Waals surface area contributed by atoms with E-state index in [-0.39, 0.29) is 24.5 Å². The number of ether oxygens (including phenoxy) is 1. The van der Waals surface area contributed by atoms with Crippen LogP contribution in [0.1, 0.15) is 49.3 Å². The van der Waals surface area contributed by atoms with Gasteiger partial charge in [0, 0.05) is 36.3 Å². The fraction of sp³-hybridized carbons (Fsp3) is 0.370. The van der Waals surface area contributed by atoms with Gasteiger partial charge in [-0.2, -0.15) is 10.2 Å². The van der Waals surface area contributed by atoms with Crippen molar-refractivity contribution in [1.82, 2.24) is 15.0 Å². The molecule has 8 heteroatoms. The summed E-state index contributed by atoms with van der Waals surface area (Å²) in [5, 5.41) is 13.8. The van der Waals surface area contributed by atoms with Gasteiger partial charge in [0.25, 0.3) is 5.89 Å². The Labute approximate surface area is 204 Å². The van der Waals surface area contributed by atoms with Crippen LogP contribution >= 0.6 is 0 Å². The third kappa shape index (κ3) is 4.67. The normalized spacial score (nSPS) is 16.9. The van der Waals surface area contributed by atoms with E-state index < -0.39 is 0 Å². The van der Waals surface area contributed by atoms with Crippen LogP contribution in [0, 0.1) is 11.3 Å². The summed E-state index contributed by atoms with van der Waals surface area (Å²) in [6.07, 6.45) is 4.79. The Morgan fingerprint density at radius 3 is 2.94 bits per heavy atom. The van der Waals surface area contributed by atoms with Crippen LogP contribution in [0.25, 0.3) is 22.8 Å². The minimum Gasteiger partial charge on any atom is -0.490 e. The van der Waals surface area contributed by atoms with E-state index in [4.69, 9.17) is 9.26 Å². The zero-order valence-corrected chi connectivity index (χ0v) is 19.9. The molecule has 2 heterocycles. The van der Waals surface area contributed by atoms with Crippen LogP contribution in [0.4, 0.5) is 0 Å². The Hall–Kier alpha value is -3.99. The summed E-state index contributed by atoms with van der Waals surface area (Å²) in [6, 6.07) is 13.6. The lowest BCUT2D eigenvalue weighted by Gasteiger charge is -2.30. The average Bonchev–Trinajstić information content (AvgIpc) is 3.45. The van der Waals surface area contributed by atoms with E-state index >= 15 is 0 Å². The van der Waals surface area contributed by atoms with Crippen molar-refractivity contribution in [3.8, 4) is 34.7 Å². The Balaban J connectivity index is 1.35. The predicted octanol–water partition coefficient (Wildman–Crippen LogP) is 4.40. The number of carbonyl (C=O) groups excluding carboxylic acids is 1. The van der Waals surface area contributed by atoms with Gasteiger partial charge >= 0.3 is 0 Å². The van der Waals surface area contributed by atoms with Gasteiger partial charge in [0.2, 0.25) is 11.7 Å². The first-order valence-electron chi connectivity index (χ1n) is 12.0. The van der Waals surface area contributed by atoms with Gasteiger partial charge < -0.3 is 14.2 Å². The van der Waals surface area contributed by atoms with Crippen molar-refractivity contribution in [2.75, 3.05) is 19.6 Å². The monoisotopic (exact) mass is 469 g/mol. The van der Waals surface area contributed by atoms with E-state index in [1.165, 1.54) is 11.1 Å². The van der Waals surface area contributed by atoms with Gasteiger partial charge in [-0.25, -0.2) is 0 Å². The van der Waals surface area contributed by atoms with Crippen molar-refractivity contribution in [1.29, 1.82) is 5.26 Å². The molecule has 1 fully saturated rings. The first kappa shape index (κ1) is 22.8. The number of nitriles is 1. The molecule has 1 unspecified atom stereocenters. The summed E-state index contributed by atoms with van der Waals surface area (Å²) in [4.78, 5) is 23.0. The highest BCUT2D eigenvalue weighted by Gasteiger charge is 2.26. The van der Waals surface area contributed by atoms with Crippen molar-refractivity contribution in [2.24, 2.45) is 4.99 Å². The summed E-state index contributed by atoms with van der Waals surface area (Å²) in [5.74, 6) is 1.68. The predicted molar refractivity (Wildman–Crippen MR) is 131 cm³/mol. The quantitative estimate of drug-likeness (QED) is 0.475. The number of nitrogens with zero attached hydrogens (tertiary/aromatic N) is 5. The topological polar surface area (TPSA) is 105 Å². The van der Waals surface area contributed by atoms with Crippen LogP contribution < -0.4 is 4.74 Å². The number of benzene rings is 2. The highest BCUT2D eigenvalue weighted by atomic mass is 16.5. The molecule has 0 N–H and O–H groups in total. The number of carbonyl (C=O) groups is 1. The van der Waals surface area contributed by atoms with Crippen LogP contribution in [0.5, 0.6) is 5.75 Å². The summed E-state index contributed by atoms with van der Waals surface area (Å²) >= 11 is 0. The van der Waals surface area contributed by atoms with Crippen LogP contribution in [-0.4, -0.2) is 52.9 Å². The van der Waals surface area contributed by atoms with Crippen molar-refractivity contribution < 1.29 is 14.1 Å². The van der Waals surface area contributed by atoms with Gasteiger partial charge in [-0.1, -0.05) is 23.4 Å². The van der Waals surface area contributed by atoms with Gasteiger partial charge in [-0.05, 0) is 62.4 Å². The van der Waals surface area contributed by atoms with Crippen LogP contribution in [0.15, 0.2) is 45.9 Å². The number of rotatable bonds is 7. The second kappa shape index (κ2) is 9.71. The Bertz CT molecular complexity index is 1320. The lowest BCUT2D eigenvalue weighted by molar-refractivity contribution is -0.132. The molecule has 0 radical (unpaired) electrons. The lowest BCUT2D eigenvalue weighted by atomic mass is 9.99. The first-order valence-corrected chi connectivity index (χ1v) is 12.0. The van der Waals surface area contributed by atoms with E-state index in [2.05, 4.69) is 27.3 Å². The maximum Gasteiger partial charge on any atom is 0.258 e. The molecule has 1 aliphatic carbocycles. The van der Waals surface area contributed by atoms with Gasteiger partial charge in [0.15, 0.2) is 0 Å². The molecule has 0 spiro atoms. The smallest absolute Gasteiger partial charge is 0.258 e. The zero-order valence-electron chi connectivity index (χ0n) is 19.9. The molecule has 0 bridgehead atoms. The third-order valence-corrected chi connectivity index (χ3v) is 6.41. The molecule has 5 rings (SSSR count). The number of amides is 1. The SMILES string of the molecule is CC(C)Oc1ccc(-c2nc(-c3cccc4c3CCC4/C=N/CC(=O)N3CCC3)no2)cc1C#N. The maximum atomic E-state index is 12.1. The second-order valence-electron chi connectivity index (χ2n) is 9.16. The van der Waals surface area contributed by atoms with Crippen LogP contribution in [0.3, 0.4) is 0 Å². The molecule has 8 nitrogen and oxygen atoms in total. The average molecular weight is 470 g/mol. The highest BCUT2D eigenvalue weighted by molar-refractivity contribution is 5.82. The summed E-state index contributed by atoms with van der Waals surface area (Å²) in [6.45, 7) is 5.75. The molecule has 0 saturated carbocycles. The van der Waals surface area contributed by atoms with Crippen LogP contribution in [0.2, 0.25) is 0 Å². The summed E-state index contributed by atoms with van der Waals surface area (Å²) < 4.78 is 11.3.